The van der Waals surface area contributed by atoms with Gasteiger partial charge in [0, 0.05) is 13.5 Å². The van der Waals surface area contributed by atoms with E-state index in [4.69, 9.17) is 0 Å². The van der Waals surface area contributed by atoms with Crippen LogP contribution in [0.15, 0.2) is 24.3 Å². The van der Waals surface area contributed by atoms with Crippen molar-refractivity contribution < 1.29 is 4.79 Å². The number of hydrogen-bond acceptors (Lipinski definition) is 1. The number of aryl methyl sites for hydroxylation is 2. The molecule has 0 aromatic heterocycles. The third-order valence-electron chi connectivity index (χ3n) is 2.16. The van der Waals surface area contributed by atoms with Crippen molar-refractivity contribution in [2.75, 3.05) is 7.05 Å². The molecule has 0 bridgehead atoms. The Labute approximate surface area is 79.0 Å². The van der Waals surface area contributed by atoms with E-state index in [0.717, 1.165) is 6.42 Å². The quantitative estimate of drug-likeness (QED) is 0.747. The molecule has 1 aromatic rings. The van der Waals surface area contributed by atoms with E-state index < -0.39 is 0 Å². The minimum Gasteiger partial charge on any atom is -0.359 e. The largest absolute Gasteiger partial charge is 0.359 e. The third kappa shape index (κ3) is 2.90. The van der Waals surface area contributed by atoms with E-state index in [0.29, 0.717) is 6.42 Å². The first-order chi connectivity index (χ1) is 6.24. The van der Waals surface area contributed by atoms with E-state index >= 15 is 0 Å². The third-order valence-corrected chi connectivity index (χ3v) is 2.16. The highest BCUT2D eigenvalue weighted by Crippen LogP contribution is 2.08. The number of carbonyl (C=O) groups is 1. The summed E-state index contributed by atoms with van der Waals surface area (Å²) in [5.74, 6) is 0.100. The monoisotopic (exact) mass is 177 g/mol. The van der Waals surface area contributed by atoms with E-state index in [2.05, 4.69) is 24.4 Å². The van der Waals surface area contributed by atoms with Crippen LogP contribution in [0.25, 0.3) is 0 Å². The first-order valence-corrected chi connectivity index (χ1v) is 4.49. The molecular formula is C11H15NO. The molecule has 1 aromatic carbocycles. The Morgan fingerprint density at radius 1 is 1.38 bits per heavy atom. The maximum atomic E-state index is 11.0. The fraction of sp³-hybridized carbons (Fsp3) is 0.364. The van der Waals surface area contributed by atoms with Gasteiger partial charge in [-0.2, -0.15) is 0 Å². The van der Waals surface area contributed by atoms with Crippen molar-refractivity contribution in [3.63, 3.8) is 0 Å². The van der Waals surface area contributed by atoms with Gasteiger partial charge in [0.15, 0.2) is 0 Å². The average Bonchev–Trinajstić information content (AvgIpc) is 2.16. The van der Waals surface area contributed by atoms with Gasteiger partial charge in [-0.05, 0) is 24.5 Å². The first-order valence-electron chi connectivity index (χ1n) is 4.49. The highest BCUT2D eigenvalue weighted by molar-refractivity contribution is 5.75. The summed E-state index contributed by atoms with van der Waals surface area (Å²) in [4.78, 5) is 11.0. The fourth-order valence-electron chi connectivity index (χ4n) is 1.26. The zero-order chi connectivity index (χ0) is 9.68. The van der Waals surface area contributed by atoms with Gasteiger partial charge in [0.25, 0.3) is 0 Å². The Hall–Kier alpha value is -1.31. The van der Waals surface area contributed by atoms with Crippen molar-refractivity contribution in [1.29, 1.82) is 0 Å². The summed E-state index contributed by atoms with van der Waals surface area (Å²) in [6, 6.07) is 8.16. The van der Waals surface area contributed by atoms with Crippen molar-refractivity contribution in [2.45, 2.75) is 19.8 Å². The molecule has 13 heavy (non-hydrogen) atoms. The fourth-order valence-corrected chi connectivity index (χ4v) is 1.26. The Bertz CT molecular complexity index is 294. The van der Waals surface area contributed by atoms with Gasteiger partial charge in [-0.25, -0.2) is 0 Å². The van der Waals surface area contributed by atoms with Crippen LogP contribution in [0.5, 0.6) is 0 Å². The molecule has 0 saturated carbocycles. The second kappa shape index (κ2) is 4.65. The summed E-state index contributed by atoms with van der Waals surface area (Å²) in [7, 11) is 1.67. The number of rotatable bonds is 3. The minimum atomic E-state index is 0.100. The Morgan fingerprint density at radius 3 is 2.69 bits per heavy atom. The molecule has 2 heteroatoms. The van der Waals surface area contributed by atoms with E-state index in [1.54, 1.807) is 7.05 Å². The molecule has 70 valence electrons. The van der Waals surface area contributed by atoms with Crippen molar-refractivity contribution >= 4 is 5.91 Å². The van der Waals surface area contributed by atoms with Crippen molar-refractivity contribution in [3.8, 4) is 0 Å². The van der Waals surface area contributed by atoms with Crippen molar-refractivity contribution in [3.05, 3.63) is 35.4 Å². The van der Waals surface area contributed by atoms with Gasteiger partial charge >= 0.3 is 0 Å². The lowest BCUT2D eigenvalue weighted by Gasteiger charge is -2.03. The van der Waals surface area contributed by atoms with Gasteiger partial charge in [0.1, 0.15) is 0 Å². The molecule has 0 fully saturated rings. The zero-order valence-corrected chi connectivity index (χ0v) is 8.13. The molecule has 0 atom stereocenters. The predicted molar refractivity (Wildman–Crippen MR) is 53.6 cm³/mol. The van der Waals surface area contributed by atoms with Crippen LogP contribution in [0.3, 0.4) is 0 Å². The average molecular weight is 177 g/mol. The number of amides is 1. The van der Waals surface area contributed by atoms with Crippen LogP contribution in [0.2, 0.25) is 0 Å². The predicted octanol–water partition coefficient (Wildman–Crippen LogP) is 1.67. The molecule has 0 radical (unpaired) electrons. The standard InChI is InChI=1S/C11H15NO/c1-9-5-3-4-6-10(9)7-8-11(13)12-2/h3-6H,7-8H2,1-2H3,(H,12,13). The summed E-state index contributed by atoms with van der Waals surface area (Å²) >= 11 is 0. The van der Waals surface area contributed by atoms with Crippen LogP contribution in [-0.4, -0.2) is 13.0 Å². The number of benzene rings is 1. The lowest BCUT2D eigenvalue weighted by Crippen LogP contribution is -2.18. The molecule has 0 saturated heterocycles. The summed E-state index contributed by atoms with van der Waals surface area (Å²) in [6.45, 7) is 2.07. The smallest absolute Gasteiger partial charge is 0.220 e. The maximum Gasteiger partial charge on any atom is 0.220 e. The normalized spacial score (nSPS) is 9.69. The van der Waals surface area contributed by atoms with E-state index in [9.17, 15) is 4.79 Å². The second-order valence-corrected chi connectivity index (χ2v) is 3.10. The van der Waals surface area contributed by atoms with Crippen molar-refractivity contribution in [2.24, 2.45) is 0 Å². The molecule has 0 aliphatic rings. The van der Waals surface area contributed by atoms with Gasteiger partial charge in [0.05, 0.1) is 0 Å². The molecule has 1 rings (SSSR count). The highest BCUT2D eigenvalue weighted by atomic mass is 16.1. The van der Waals surface area contributed by atoms with E-state index in [-0.39, 0.29) is 5.91 Å². The molecule has 0 unspecified atom stereocenters. The lowest BCUT2D eigenvalue weighted by atomic mass is 10.0. The van der Waals surface area contributed by atoms with Crippen LogP contribution in [0.4, 0.5) is 0 Å². The van der Waals surface area contributed by atoms with Crippen molar-refractivity contribution in [1.82, 2.24) is 5.32 Å². The van der Waals surface area contributed by atoms with Gasteiger partial charge < -0.3 is 5.32 Å². The maximum absolute atomic E-state index is 11.0. The molecule has 0 spiro atoms. The van der Waals surface area contributed by atoms with Crippen LogP contribution in [0, 0.1) is 6.92 Å². The lowest BCUT2D eigenvalue weighted by molar-refractivity contribution is -0.120. The molecule has 0 aliphatic heterocycles. The van der Waals surface area contributed by atoms with Crippen LogP contribution in [0.1, 0.15) is 17.5 Å². The summed E-state index contributed by atoms with van der Waals surface area (Å²) in [5, 5.41) is 2.62. The van der Waals surface area contributed by atoms with E-state index in [1.807, 2.05) is 12.1 Å². The van der Waals surface area contributed by atoms with Crippen LogP contribution < -0.4 is 5.32 Å². The molecule has 0 aliphatic carbocycles. The number of nitrogens with one attached hydrogen (secondary N) is 1. The van der Waals surface area contributed by atoms with Gasteiger partial charge in [-0.15, -0.1) is 0 Å². The zero-order valence-electron chi connectivity index (χ0n) is 8.13. The van der Waals surface area contributed by atoms with Gasteiger partial charge in [-0.3, -0.25) is 4.79 Å². The van der Waals surface area contributed by atoms with Crippen LogP contribution >= 0.6 is 0 Å². The minimum absolute atomic E-state index is 0.100. The number of carbonyl (C=O) groups excluding carboxylic acids is 1. The Kier molecular flexibility index (Phi) is 3.50. The summed E-state index contributed by atoms with van der Waals surface area (Å²) < 4.78 is 0. The Morgan fingerprint density at radius 2 is 2.08 bits per heavy atom. The van der Waals surface area contributed by atoms with Gasteiger partial charge in [0.2, 0.25) is 5.91 Å². The molecule has 2 nitrogen and oxygen atoms in total. The Balaban J connectivity index is 2.54. The molecule has 1 N–H and O–H groups in total. The van der Waals surface area contributed by atoms with E-state index in [1.165, 1.54) is 11.1 Å². The number of hydrogen-bond donors (Lipinski definition) is 1. The highest BCUT2D eigenvalue weighted by Gasteiger charge is 2.00. The van der Waals surface area contributed by atoms with Gasteiger partial charge in [-0.1, -0.05) is 24.3 Å². The summed E-state index contributed by atoms with van der Waals surface area (Å²) in [6.07, 6.45) is 1.40. The van der Waals surface area contributed by atoms with Crippen LogP contribution in [-0.2, 0) is 11.2 Å². The molecular weight excluding hydrogens is 162 g/mol. The molecule has 1 amide bonds. The topological polar surface area (TPSA) is 29.1 Å². The first kappa shape index (κ1) is 9.78. The summed E-state index contributed by atoms with van der Waals surface area (Å²) in [5.41, 5.74) is 2.51. The SMILES string of the molecule is CNC(=O)CCc1ccccc1C. The second-order valence-electron chi connectivity index (χ2n) is 3.10. The molecule has 0 heterocycles.